The zero-order chi connectivity index (χ0) is 17.7. The van der Waals surface area contributed by atoms with E-state index in [9.17, 15) is 14.4 Å². The topological polar surface area (TPSA) is 57.7 Å². The molecule has 5 nitrogen and oxygen atoms in total. The summed E-state index contributed by atoms with van der Waals surface area (Å²) in [5.74, 6) is -0.380. The number of halogens is 1. The van der Waals surface area contributed by atoms with Crippen LogP contribution in [0.15, 0.2) is 28.7 Å². The number of benzene rings is 1. The van der Waals surface area contributed by atoms with Crippen LogP contribution in [0, 0.1) is 0 Å². The Labute approximate surface area is 151 Å². The van der Waals surface area contributed by atoms with Gasteiger partial charge in [-0.2, -0.15) is 0 Å². The van der Waals surface area contributed by atoms with E-state index in [0.717, 1.165) is 16.5 Å². The molecule has 130 valence electrons. The molecule has 1 heterocycles. The van der Waals surface area contributed by atoms with Crippen molar-refractivity contribution < 1.29 is 14.4 Å². The van der Waals surface area contributed by atoms with E-state index in [1.165, 1.54) is 4.90 Å². The molecule has 0 unspecified atom stereocenters. The highest BCUT2D eigenvalue weighted by Gasteiger charge is 2.30. The molecule has 0 aliphatic carbocycles. The molecule has 6 heteroatoms. The number of carbonyl (C=O) groups is 3. The van der Waals surface area contributed by atoms with Crippen molar-refractivity contribution in [2.75, 3.05) is 13.1 Å². The second kappa shape index (κ2) is 8.42. The second-order valence-corrected chi connectivity index (χ2v) is 6.83. The average molecular weight is 395 g/mol. The van der Waals surface area contributed by atoms with Crippen molar-refractivity contribution in [2.24, 2.45) is 0 Å². The van der Waals surface area contributed by atoms with Crippen molar-refractivity contribution in [1.29, 1.82) is 0 Å². The van der Waals surface area contributed by atoms with E-state index in [2.05, 4.69) is 15.9 Å². The van der Waals surface area contributed by atoms with Gasteiger partial charge in [0.1, 0.15) is 0 Å². The summed E-state index contributed by atoms with van der Waals surface area (Å²) in [5, 5.41) is 0. The SMILES string of the molecule is CCCN(C(=O)CCN1C(=O)CCC1=O)[C@@H](C)c1ccccc1Br. The van der Waals surface area contributed by atoms with E-state index >= 15 is 0 Å². The summed E-state index contributed by atoms with van der Waals surface area (Å²) in [6.45, 7) is 4.85. The molecule has 0 radical (unpaired) electrons. The third kappa shape index (κ3) is 4.23. The molecule has 0 spiro atoms. The normalized spacial score (nSPS) is 15.7. The van der Waals surface area contributed by atoms with Crippen LogP contribution < -0.4 is 0 Å². The van der Waals surface area contributed by atoms with Gasteiger partial charge in [0.25, 0.3) is 0 Å². The first-order valence-corrected chi connectivity index (χ1v) is 9.12. The first-order chi connectivity index (χ1) is 11.5. The van der Waals surface area contributed by atoms with E-state index in [4.69, 9.17) is 0 Å². The molecule has 0 saturated carbocycles. The summed E-state index contributed by atoms with van der Waals surface area (Å²) in [5.41, 5.74) is 1.05. The molecular formula is C18H23BrN2O3. The number of amides is 3. The molecule has 2 rings (SSSR count). The Hall–Kier alpha value is -1.69. The summed E-state index contributed by atoms with van der Waals surface area (Å²) in [6, 6.07) is 7.78. The molecule has 1 aromatic carbocycles. The summed E-state index contributed by atoms with van der Waals surface area (Å²) < 4.78 is 0.969. The van der Waals surface area contributed by atoms with Gasteiger partial charge in [0, 0.05) is 36.8 Å². The number of likely N-dealkylation sites (tertiary alicyclic amines) is 1. The van der Waals surface area contributed by atoms with Crippen LogP contribution in [0.4, 0.5) is 0 Å². The van der Waals surface area contributed by atoms with Crippen molar-refractivity contribution >= 4 is 33.7 Å². The van der Waals surface area contributed by atoms with E-state index in [0.29, 0.717) is 6.54 Å². The molecule has 0 aromatic heterocycles. The minimum atomic E-state index is -0.173. The highest BCUT2D eigenvalue weighted by atomic mass is 79.9. The van der Waals surface area contributed by atoms with Crippen molar-refractivity contribution in [3.63, 3.8) is 0 Å². The third-order valence-corrected chi connectivity index (χ3v) is 5.03. The minimum Gasteiger partial charge on any atom is -0.336 e. The highest BCUT2D eigenvalue weighted by Crippen LogP contribution is 2.28. The number of nitrogens with zero attached hydrogens (tertiary/aromatic N) is 2. The van der Waals surface area contributed by atoms with Crippen LogP contribution in [0.2, 0.25) is 0 Å². The van der Waals surface area contributed by atoms with Crippen LogP contribution in [0.25, 0.3) is 0 Å². The van der Waals surface area contributed by atoms with Crippen LogP contribution in [-0.2, 0) is 14.4 Å². The Bertz CT molecular complexity index is 616. The third-order valence-electron chi connectivity index (χ3n) is 4.31. The number of hydrogen-bond acceptors (Lipinski definition) is 3. The number of carbonyl (C=O) groups excluding carboxylic acids is 3. The van der Waals surface area contributed by atoms with Gasteiger partial charge in [0.05, 0.1) is 6.04 Å². The lowest BCUT2D eigenvalue weighted by atomic mass is 10.1. The molecule has 3 amide bonds. The van der Waals surface area contributed by atoms with Crippen LogP contribution in [-0.4, -0.2) is 40.6 Å². The molecule has 1 aliphatic heterocycles. The Morgan fingerprint density at radius 3 is 2.46 bits per heavy atom. The van der Waals surface area contributed by atoms with E-state index in [-0.39, 0.29) is 49.6 Å². The minimum absolute atomic E-state index is 0.0346. The summed E-state index contributed by atoms with van der Waals surface area (Å²) in [6.07, 6.45) is 1.55. The summed E-state index contributed by atoms with van der Waals surface area (Å²) >= 11 is 3.54. The molecule has 0 N–H and O–H groups in total. The smallest absolute Gasteiger partial charge is 0.229 e. The molecule has 1 saturated heterocycles. The lowest BCUT2D eigenvalue weighted by Crippen LogP contribution is -2.38. The summed E-state index contributed by atoms with van der Waals surface area (Å²) in [7, 11) is 0. The fourth-order valence-electron chi connectivity index (χ4n) is 2.98. The Balaban J connectivity index is 2.06. The zero-order valence-corrected chi connectivity index (χ0v) is 15.7. The predicted octanol–water partition coefficient (Wildman–Crippen LogP) is 3.29. The first kappa shape index (κ1) is 18.6. The Morgan fingerprint density at radius 1 is 1.25 bits per heavy atom. The first-order valence-electron chi connectivity index (χ1n) is 8.32. The predicted molar refractivity (Wildman–Crippen MR) is 95.1 cm³/mol. The van der Waals surface area contributed by atoms with Gasteiger partial charge in [-0.1, -0.05) is 41.1 Å². The van der Waals surface area contributed by atoms with Crippen molar-refractivity contribution in [1.82, 2.24) is 9.80 Å². The van der Waals surface area contributed by atoms with E-state index in [1.54, 1.807) is 0 Å². The largest absolute Gasteiger partial charge is 0.336 e. The van der Waals surface area contributed by atoms with Gasteiger partial charge in [0.2, 0.25) is 17.7 Å². The van der Waals surface area contributed by atoms with Gasteiger partial charge in [-0.05, 0) is 25.0 Å². The fraction of sp³-hybridized carbons (Fsp3) is 0.500. The van der Waals surface area contributed by atoms with Gasteiger partial charge < -0.3 is 4.90 Å². The monoisotopic (exact) mass is 394 g/mol. The van der Waals surface area contributed by atoms with Crippen molar-refractivity contribution in [2.45, 2.75) is 45.6 Å². The summed E-state index contributed by atoms with van der Waals surface area (Å²) in [4.78, 5) is 39.1. The lowest BCUT2D eigenvalue weighted by molar-refractivity contribution is -0.139. The zero-order valence-electron chi connectivity index (χ0n) is 14.1. The standard InChI is InChI=1S/C18H23BrN2O3/c1-3-11-20(13(2)14-6-4-5-7-15(14)19)18(24)10-12-21-16(22)8-9-17(21)23/h4-7,13H,3,8-12H2,1-2H3/t13-/m0/s1. The van der Waals surface area contributed by atoms with Gasteiger partial charge in [-0.15, -0.1) is 0 Å². The van der Waals surface area contributed by atoms with Crippen molar-refractivity contribution in [3.8, 4) is 0 Å². The molecule has 1 aromatic rings. The maximum atomic E-state index is 12.7. The van der Waals surface area contributed by atoms with Crippen LogP contribution in [0.1, 0.15) is 51.1 Å². The highest BCUT2D eigenvalue weighted by molar-refractivity contribution is 9.10. The number of rotatable bonds is 7. The fourth-order valence-corrected chi connectivity index (χ4v) is 3.60. The van der Waals surface area contributed by atoms with Gasteiger partial charge in [-0.3, -0.25) is 19.3 Å². The molecule has 1 atom stereocenters. The average Bonchev–Trinajstić information content (AvgIpc) is 2.88. The maximum absolute atomic E-state index is 12.7. The van der Waals surface area contributed by atoms with Gasteiger partial charge in [0.15, 0.2) is 0 Å². The maximum Gasteiger partial charge on any atom is 0.229 e. The van der Waals surface area contributed by atoms with Gasteiger partial charge >= 0.3 is 0 Å². The lowest BCUT2D eigenvalue weighted by Gasteiger charge is -2.30. The molecule has 1 aliphatic rings. The van der Waals surface area contributed by atoms with Crippen LogP contribution in [0.5, 0.6) is 0 Å². The van der Waals surface area contributed by atoms with Crippen LogP contribution in [0.3, 0.4) is 0 Å². The van der Waals surface area contributed by atoms with Crippen LogP contribution >= 0.6 is 15.9 Å². The molecular weight excluding hydrogens is 372 g/mol. The van der Waals surface area contributed by atoms with Gasteiger partial charge in [-0.25, -0.2) is 0 Å². The van der Waals surface area contributed by atoms with E-state index in [1.807, 2.05) is 43.0 Å². The quantitative estimate of drug-likeness (QED) is 0.666. The molecule has 0 bridgehead atoms. The molecule has 24 heavy (non-hydrogen) atoms. The Kier molecular flexibility index (Phi) is 6.54. The van der Waals surface area contributed by atoms with Crippen molar-refractivity contribution in [3.05, 3.63) is 34.3 Å². The second-order valence-electron chi connectivity index (χ2n) is 5.97. The molecule has 1 fully saturated rings. The number of imide groups is 1. The van der Waals surface area contributed by atoms with E-state index < -0.39 is 0 Å². The number of hydrogen-bond donors (Lipinski definition) is 0. The Morgan fingerprint density at radius 2 is 1.88 bits per heavy atom.